The summed E-state index contributed by atoms with van der Waals surface area (Å²) in [4.78, 5) is 27.6. The van der Waals surface area contributed by atoms with Gasteiger partial charge in [0, 0.05) is 38.8 Å². The third-order valence-electron chi connectivity index (χ3n) is 4.58. The van der Waals surface area contributed by atoms with Gasteiger partial charge < -0.3 is 14.5 Å². The molecule has 1 aromatic carbocycles. The van der Waals surface area contributed by atoms with E-state index in [9.17, 15) is 18.0 Å². The zero-order valence-electron chi connectivity index (χ0n) is 14.3. The Hall–Kier alpha value is -2.13. The summed E-state index contributed by atoms with van der Waals surface area (Å²) in [6.07, 6.45) is 0. The fourth-order valence-electron chi connectivity index (χ4n) is 2.94. The maximum Gasteiger partial charge on any atom is 0.264 e. The third-order valence-corrected chi connectivity index (χ3v) is 6.46. The van der Waals surface area contributed by atoms with E-state index in [1.165, 1.54) is 9.21 Å². The number of anilines is 1. The summed E-state index contributed by atoms with van der Waals surface area (Å²) in [7, 11) is -1.58. The number of hydrogen-bond donors (Lipinski definition) is 0. The summed E-state index contributed by atoms with van der Waals surface area (Å²) in [6, 6.07) is 4.99. The van der Waals surface area contributed by atoms with Crippen molar-refractivity contribution in [2.75, 3.05) is 50.5 Å². The number of benzene rings is 1. The molecule has 136 valence electrons. The molecule has 0 N–H and O–H groups in total. The zero-order chi connectivity index (χ0) is 18.2. The average molecular weight is 367 g/mol. The fourth-order valence-corrected chi connectivity index (χ4v) is 4.02. The van der Waals surface area contributed by atoms with Crippen molar-refractivity contribution in [2.24, 2.45) is 0 Å². The molecular formula is C16H21N3O5S. The molecule has 0 bridgehead atoms. The van der Waals surface area contributed by atoms with Crippen molar-refractivity contribution in [3.05, 3.63) is 23.8 Å². The molecule has 0 radical (unpaired) electrons. The number of piperazine rings is 1. The van der Waals surface area contributed by atoms with Crippen LogP contribution in [0.4, 0.5) is 5.69 Å². The van der Waals surface area contributed by atoms with Gasteiger partial charge in [-0.05, 0) is 25.1 Å². The molecule has 25 heavy (non-hydrogen) atoms. The Bertz CT molecular complexity index is 800. The van der Waals surface area contributed by atoms with E-state index in [1.54, 1.807) is 37.1 Å². The van der Waals surface area contributed by atoms with Crippen LogP contribution in [0.25, 0.3) is 0 Å². The van der Waals surface area contributed by atoms with Crippen molar-refractivity contribution >= 4 is 27.5 Å². The number of nitrogens with zero attached hydrogens (tertiary/aromatic N) is 3. The molecule has 2 aliphatic heterocycles. The highest BCUT2D eigenvalue weighted by atomic mass is 32.2. The zero-order valence-corrected chi connectivity index (χ0v) is 15.1. The Kier molecular flexibility index (Phi) is 4.70. The largest absolute Gasteiger partial charge is 0.482 e. The van der Waals surface area contributed by atoms with Gasteiger partial charge in [-0.2, -0.15) is 4.31 Å². The lowest BCUT2D eigenvalue weighted by atomic mass is 10.1. The highest BCUT2D eigenvalue weighted by Crippen LogP contribution is 2.32. The summed E-state index contributed by atoms with van der Waals surface area (Å²) in [5.41, 5.74) is 1.02. The Morgan fingerprint density at radius 2 is 1.88 bits per heavy atom. The topological polar surface area (TPSA) is 87.2 Å². The van der Waals surface area contributed by atoms with Crippen molar-refractivity contribution < 1.29 is 22.7 Å². The highest BCUT2D eigenvalue weighted by Gasteiger charge is 2.29. The van der Waals surface area contributed by atoms with Crippen LogP contribution < -0.4 is 9.64 Å². The van der Waals surface area contributed by atoms with E-state index in [1.807, 2.05) is 0 Å². The van der Waals surface area contributed by atoms with Gasteiger partial charge in [0.1, 0.15) is 5.75 Å². The summed E-state index contributed by atoms with van der Waals surface area (Å²) in [5, 5.41) is 0. The van der Waals surface area contributed by atoms with Crippen LogP contribution in [-0.2, 0) is 14.8 Å². The van der Waals surface area contributed by atoms with E-state index in [0.29, 0.717) is 43.2 Å². The molecule has 8 nitrogen and oxygen atoms in total. The fraction of sp³-hybridized carbons (Fsp3) is 0.500. The molecule has 0 saturated carbocycles. The number of rotatable bonds is 3. The number of hydrogen-bond acceptors (Lipinski definition) is 5. The lowest BCUT2D eigenvalue weighted by Crippen LogP contribution is -2.50. The number of carbonyl (C=O) groups excluding carboxylic acids is 2. The van der Waals surface area contributed by atoms with E-state index < -0.39 is 10.0 Å². The summed E-state index contributed by atoms with van der Waals surface area (Å²) >= 11 is 0. The predicted octanol–water partition coefficient (Wildman–Crippen LogP) is 0.149. The van der Waals surface area contributed by atoms with Crippen molar-refractivity contribution in [1.29, 1.82) is 0 Å². The van der Waals surface area contributed by atoms with E-state index in [2.05, 4.69) is 0 Å². The van der Waals surface area contributed by atoms with Crippen LogP contribution in [0, 0.1) is 0 Å². The van der Waals surface area contributed by atoms with E-state index in [-0.39, 0.29) is 24.2 Å². The van der Waals surface area contributed by atoms with Crippen LogP contribution in [0.15, 0.2) is 18.2 Å². The summed E-state index contributed by atoms with van der Waals surface area (Å²) < 4.78 is 30.6. The van der Waals surface area contributed by atoms with Gasteiger partial charge in [0.25, 0.3) is 11.8 Å². The first kappa shape index (κ1) is 17.7. The standard InChI is InChI=1S/C16H21N3O5S/c1-3-25(22,23)19-8-6-18(7-9-19)16(21)12-4-5-14-13(10-12)17(2)15(20)11-24-14/h4-5,10H,3,6-9,11H2,1-2H3. The summed E-state index contributed by atoms with van der Waals surface area (Å²) in [5.74, 6) is 0.280. The number of fused-ring (bicyclic) bond motifs is 1. The molecule has 2 amide bonds. The number of likely N-dealkylation sites (N-methyl/N-ethyl adjacent to an activating group) is 1. The first-order chi connectivity index (χ1) is 11.8. The van der Waals surface area contributed by atoms with Crippen molar-refractivity contribution in [3.8, 4) is 5.75 Å². The monoisotopic (exact) mass is 367 g/mol. The predicted molar refractivity (Wildman–Crippen MR) is 92.3 cm³/mol. The van der Waals surface area contributed by atoms with Gasteiger partial charge in [0.2, 0.25) is 10.0 Å². The van der Waals surface area contributed by atoms with Crippen LogP contribution in [0.5, 0.6) is 5.75 Å². The van der Waals surface area contributed by atoms with Crippen LogP contribution >= 0.6 is 0 Å². The third kappa shape index (κ3) is 3.34. The van der Waals surface area contributed by atoms with E-state index in [4.69, 9.17) is 4.74 Å². The molecule has 1 aromatic rings. The Morgan fingerprint density at radius 1 is 1.20 bits per heavy atom. The average Bonchev–Trinajstić information content (AvgIpc) is 2.64. The van der Waals surface area contributed by atoms with Crippen LogP contribution in [0.2, 0.25) is 0 Å². The second-order valence-corrected chi connectivity index (χ2v) is 8.27. The maximum atomic E-state index is 12.7. The minimum atomic E-state index is -3.23. The number of carbonyl (C=O) groups is 2. The quantitative estimate of drug-likeness (QED) is 0.759. The molecule has 3 rings (SSSR count). The molecule has 2 heterocycles. The molecule has 0 unspecified atom stereocenters. The normalized spacial score (nSPS) is 18.7. The van der Waals surface area contributed by atoms with Gasteiger partial charge in [0.05, 0.1) is 11.4 Å². The lowest BCUT2D eigenvalue weighted by Gasteiger charge is -2.34. The number of ether oxygens (including phenoxy) is 1. The van der Waals surface area contributed by atoms with Crippen molar-refractivity contribution in [2.45, 2.75) is 6.92 Å². The minimum Gasteiger partial charge on any atom is -0.482 e. The van der Waals surface area contributed by atoms with Crippen LogP contribution in [0.1, 0.15) is 17.3 Å². The first-order valence-electron chi connectivity index (χ1n) is 8.14. The van der Waals surface area contributed by atoms with E-state index in [0.717, 1.165) is 0 Å². The second-order valence-electron chi connectivity index (χ2n) is 6.02. The molecule has 0 aromatic heterocycles. The Labute approximate surface area is 147 Å². The van der Waals surface area contributed by atoms with E-state index >= 15 is 0 Å². The second kappa shape index (κ2) is 6.64. The molecule has 0 atom stereocenters. The van der Waals surface area contributed by atoms with Crippen molar-refractivity contribution in [3.63, 3.8) is 0 Å². The van der Waals surface area contributed by atoms with Gasteiger partial charge in [-0.15, -0.1) is 0 Å². The first-order valence-corrected chi connectivity index (χ1v) is 9.75. The molecule has 9 heteroatoms. The molecule has 1 saturated heterocycles. The lowest BCUT2D eigenvalue weighted by molar-refractivity contribution is -0.120. The Morgan fingerprint density at radius 3 is 2.52 bits per heavy atom. The SMILES string of the molecule is CCS(=O)(=O)N1CCN(C(=O)c2ccc3c(c2)N(C)C(=O)CO3)CC1. The Balaban J connectivity index is 1.74. The van der Waals surface area contributed by atoms with Crippen LogP contribution in [-0.4, -0.2) is 75.0 Å². The summed E-state index contributed by atoms with van der Waals surface area (Å²) in [6.45, 7) is 2.90. The van der Waals surface area contributed by atoms with Gasteiger partial charge >= 0.3 is 0 Å². The van der Waals surface area contributed by atoms with Gasteiger partial charge in [-0.25, -0.2) is 8.42 Å². The number of amides is 2. The molecular weight excluding hydrogens is 346 g/mol. The van der Waals surface area contributed by atoms with Gasteiger partial charge in [-0.1, -0.05) is 0 Å². The molecule has 1 fully saturated rings. The van der Waals surface area contributed by atoms with Gasteiger partial charge in [-0.3, -0.25) is 9.59 Å². The molecule has 0 aliphatic carbocycles. The van der Waals surface area contributed by atoms with Crippen LogP contribution in [0.3, 0.4) is 0 Å². The smallest absolute Gasteiger partial charge is 0.264 e. The van der Waals surface area contributed by atoms with Crippen molar-refractivity contribution in [1.82, 2.24) is 9.21 Å². The highest BCUT2D eigenvalue weighted by molar-refractivity contribution is 7.89. The maximum absolute atomic E-state index is 12.7. The number of sulfonamides is 1. The minimum absolute atomic E-state index is 0.00927. The molecule has 2 aliphatic rings. The molecule has 0 spiro atoms. The van der Waals surface area contributed by atoms with Gasteiger partial charge in [0.15, 0.2) is 6.61 Å².